The molecule has 0 spiro atoms. The number of phenolic OH excluding ortho intramolecular Hbond substituents is 1. The second kappa shape index (κ2) is 15.9. The number of hydrogen-bond acceptors (Lipinski definition) is 7. The van der Waals surface area contributed by atoms with E-state index in [1.807, 2.05) is 12.1 Å². The molecule has 0 radical (unpaired) electrons. The molecule has 12 heteroatoms. The van der Waals surface area contributed by atoms with Crippen LogP contribution in [0.25, 0.3) is 0 Å². The summed E-state index contributed by atoms with van der Waals surface area (Å²) in [5.41, 5.74) is 0.144. The topological polar surface area (TPSA) is 131 Å². The first-order valence-electron chi connectivity index (χ1n) is 13.7. The smallest absolute Gasteiger partial charge is 0.338 e. The number of piperidine rings is 1. The minimum absolute atomic E-state index is 0.0247. The SMILES string of the molecule is CC(=O)Nc1cc(Cl)c(O)cc1OC[C@@](C)(O)CNC1CCN(Cc2ccc(Cl)cc2)CC1.O=C(O)c1ccccc1F. The van der Waals surface area contributed by atoms with Crippen molar-refractivity contribution in [3.8, 4) is 11.5 Å². The van der Waals surface area contributed by atoms with E-state index in [1.165, 1.54) is 42.8 Å². The first-order valence-corrected chi connectivity index (χ1v) is 14.4. The Hall–Kier alpha value is -3.41. The zero-order valence-electron chi connectivity index (χ0n) is 23.9. The third-order valence-corrected chi connectivity index (χ3v) is 7.24. The number of carbonyl (C=O) groups excluding carboxylic acids is 1. The van der Waals surface area contributed by atoms with Crippen molar-refractivity contribution >= 4 is 40.8 Å². The fourth-order valence-electron chi connectivity index (χ4n) is 4.38. The van der Waals surface area contributed by atoms with E-state index in [0.29, 0.717) is 18.3 Å². The Balaban J connectivity index is 0.000000428. The summed E-state index contributed by atoms with van der Waals surface area (Å²) in [5, 5.41) is 35.9. The number of aliphatic hydroxyl groups is 1. The molecule has 1 aliphatic rings. The van der Waals surface area contributed by atoms with Crippen LogP contribution in [0.4, 0.5) is 10.1 Å². The second-order valence-electron chi connectivity index (χ2n) is 10.6. The van der Waals surface area contributed by atoms with Crippen LogP contribution in [-0.2, 0) is 11.3 Å². The van der Waals surface area contributed by atoms with Gasteiger partial charge in [-0.05, 0) is 68.8 Å². The molecule has 0 saturated carbocycles. The van der Waals surface area contributed by atoms with Crippen LogP contribution in [0.5, 0.6) is 11.5 Å². The lowest BCUT2D eigenvalue weighted by Crippen LogP contribution is -2.49. The summed E-state index contributed by atoms with van der Waals surface area (Å²) in [6.07, 6.45) is 1.98. The highest BCUT2D eigenvalue weighted by atomic mass is 35.5. The molecular weight excluding hydrogens is 600 g/mol. The van der Waals surface area contributed by atoms with Gasteiger partial charge in [-0.1, -0.05) is 47.5 Å². The summed E-state index contributed by atoms with van der Waals surface area (Å²) in [7, 11) is 0. The van der Waals surface area contributed by atoms with Crippen molar-refractivity contribution in [3.63, 3.8) is 0 Å². The molecule has 9 nitrogen and oxygen atoms in total. The van der Waals surface area contributed by atoms with Gasteiger partial charge in [0.15, 0.2) is 0 Å². The number of nitrogens with zero attached hydrogens (tertiary/aromatic N) is 1. The van der Waals surface area contributed by atoms with Gasteiger partial charge in [0.1, 0.15) is 29.5 Å². The van der Waals surface area contributed by atoms with E-state index in [1.54, 1.807) is 6.92 Å². The van der Waals surface area contributed by atoms with Crippen LogP contribution in [0, 0.1) is 5.82 Å². The lowest BCUT2D eigenvalue weighted by Gasteiger charge is -2.34. The average molecular weight is 637 g/mol. The first kappa shape index (κ1) is 34.1. The summed E-state index contributed by atoms with van der Waals surface area (Å²) in [6, 6.07) is 16.3. The molecular formula is C31H36Cl2FN3O6. The zero-order valence-corrected chi connectivity index (χ0v) is 25.5. The molecule has 1 heterocycles. The van der Waals surface area contributed by atoms with Crippen LogP contribution >= 0.6 is 23.2 Å². The number of anilines is 1. The number of nitrogens with one attached hydrogen (secondary N) is 2. The molecule has 0 unspecified atom stereocenters. The Bertz CT molecular complexity index is 1380. The Morgan fingerprint density at radius 2 is 1.74 bits per heavy atom. The quantitative estimate of drug-likeness (QED) is 0.183. The lowest BCUT2D eigenvalue weighted by atomic mass is 10.0. The summed E-state index contributed by atoms with van der Waals surface area (Å²) < 4.78 is 18.2. The number of likely N-dealkylation sites (tertiary alicyclic amines) is 1. The Morgan fingerprint density at radius 1 is 1.09 bits per heavy atom. The molecule has 1 saturated heterocycles. The molecule has 3 aromatic carbocycles. The molecule has 1 fully saturated rings. The maximum Gasteiger partial charge on any atom is 0.338 e. The van der Waals surface area contributed by atoms with Gasteiger partial charge in [0, 0.05) is 37.1 Å². The van der Waals surface area contributed by atoms with Crippen molar-refractivity contribution < 1.29 is 34.0 Å². The fourth-order valence-corrected chi connectivity index (χ4v) is 4.67. The molecule has 5 N–H and O–H groups in total. The molecule has 1 amide bonds. The van der Waals surface area contributed by atoms with Crippen LogP contribution in [0.15, 0.2) is 60.7 Å². The third kappa shape index (κ3) is 11.3. The van der Waals surface area contributed by atoms with Crippen molar-refractivity contribution in [1.29, 1.82) is 0 Å². The van der Waals surface area contributed by atoms with E-state index in [0.717, 1.165) is 43.6 Å². The van der Waals surface area contributed by atoms with Crippen LogP contribution in [0.3, 0.4) is 0 Å². The normalized spacial score (nSPS) is 15.1. The molecule has 232 valence electrons. The van der Waals surface area contributed by atoms with Crippen molar-refractivity contribution in [3.05, 3.63) is 87.7 Å². The Labute approximate surface area is 260 Å². The number of phenols is 1. The average Bonchev–Trinajstić information content (AvgIpc) is 2.95. The molecule has 0 bridgehead atoms. The monoisotopic (exact) mass is 635 g/mol. The minimum Gasteiger partial charge on any atom is -0.506 e. The fraction of sp³-hybridized carbons (Fsp3) is 0.355. The molecule has 3 aromatic rings. The summed E-state index contributed by atoms with van der Waals surface area (Å²) >= 11 is 11.9. The molecule has 0 aliphatic carbocycles. The number of aromatic carboxylic acids is 1. The van der Waals surface area contributed by atoms with Crippen LogP contribution in [-0.4, -0.2) is 70.0 Å². The number of halogens is 3. The van der Waals surface area contributed by atoms with Crippen LogP contribution < -0.4 is 15.4 Å². The number of carboxylic acids is 1. The largest absolute Gasteiger partial charge is 0.506 e. The predicted molar refractivity (Wildman–Crippen MR) is 165 cm³/mol. The third-order valence-electron chi connectivity index (χ3n) is 6.68. The number of aromatic hydroxyl groups is 1. The second-order valence-corrected chi connectivity index (χ2v) is 11.5. The summed E-state index contributed by atoms with van der Waals surface area (Å²) in [6.45, 7) is 6.23. The number of ether oxygens (including phenoxy) is 1. The number of benzene rings is 3. The molecule has 1 atom stereocenters. The highest BCUT2D eigenvalue weighted by Gasteiger charge is 2.26. The maximum atomic E-state index is 12.5. The van der Waals surface area contributed by atoms with E-state index in [4.69, 9.17) is 33.0 Å². The van der Waals surface area contributed by atoms with E-state index < -0.39 is 17.4 Å². The predicted octanol–water partition coefficient (Wildman–Crippen LogP) is 5.57. The van der Waals surface area contributed by atoms with Gasteiger partial charge < -0.3 is 30.7 Å². The molecule has 1 aliphatic heterocycles. The van der Waals surface area contributed by atoms with Crippen molar-refractivity contribution in [2.24, 2.45) is 0 Å². The van der Waals surface area contributed by atoms with E-state index in [9.17, 15) is 24.2 Å². The maximum absolute atomic E-state index is 12.5. The van der Waals surface area contributed by atoms with E-state index >= 15 is 0 Å². The van der Waals surface area contributed by atoms with Crippen LogP contribution in [0.2, 0.25) is 10.0 Å². The molecule has 0 aromatic heterocycles. The van der Waals surface area contributed by atoms with Gasteiger partial charge >= 0.3 is 5.97 Å². The highest BCUT2D eigenvalue weighted by Crippen LogP contribution is 2.35. The minimum atomic E-state index is -1.24. The number of carboxylic acid groups (broad SMARTS) is 1. The van der Waals surface area contributed by atoms with Gasteiger partial charge in [0.2, 0.25) is 5.91 Å². The number of amides is 1. The Kier molecular flexibility index (Phi) is 12.6. The number of hydrogen-bond donors (Lipinski definition) is 5. The zero-order chi connectivity index (χ0) is 31.6. The number of rotatable bonds is 10. The van der Waals surface area contributed by atoms with Gasteiger partial charge in [-0.15, -0.1) is 0 Å². The standard InChI is InChI=1S/C24H31Cl2N3O4.C7H5FO2/c1-16(30)28-21-11-20(26)22(31)12-23(21)33-15-24(2,32)14-27-19-7-9-29(10-8-19)13-17-3-5-18(25)6-4-17;8-6-4-2-1-3-5(6)7(9)10/h3-6,11-12,19,27,31-32H,7-10,13-15H2,1-2H3,(H,28,30);1-4H,(H,9,10)/t24-;/m0./s1. The first-order chi connectivity index (χ1) is 20.3. The Morgan fingerprint density at radius 3 is 2.33 bits per heavy atom. The van der Waals surface area contributed by atoms with Crippen LogP contribution in [0.1, 0.15) is 42.6 Å². The van der Waals surface area contributed by atoms with Crippen molar-refractivity contribution in [2.45, 2.75) is 44.9 Å². The summed E-state index contributed by atoms with van der Waals surface area (Å²) in [4.78, 5) is 24.0. The van der Waals surface area contributed by atoms with Crippen molar-refractivity contribution in [1.82, 2.24) is 10.2 Å². The lowest BCUT2D eigenvalue weighted by molar-refractivity contribution is -0.114. The van der Waals surface area contributed by atoms with Gasteiger partial charge in [0.05, 0.1) is 16.3 Å². The highest BCUT2D eigenvalue weighted by molar-refractivity contribution is 6.32. The van der Waals surface area contributed by atoms with Gasteiger partial charge in [0.25, 0.3) is 0 Å². The van der Waals surface area contributed by atoms with E-state index in [-0.39, 0.29) is 34.6 Å². The van der Waals surface area contributed by atoms with Gasteiger partial charge in [-0.2, -0.15) is 0 Å². The van der Waals surface area contributed by atoms with E-state index in [2.05, 4.69) is 27.7 Å². The van der Waals surface area contributed by atoms with Crippen molar-refractivity contribution in [2.75, 3.05) is 31.6 Å². The molecule has 43 heavy (non-hydrogen) atoms. The number of carbonyl (C=O) groups is 2. The van der Waals surface area contributed by atoms with Gasteiger partial charge in [-0.25, -0.2) is 9.18 Å². The van der Waals surface area contributed by atoms with Gasteiger partial charge in [-0.3, -0.25) is 9.69 Å². The summed E-state index contributed by atoms with van der Waals surface area (Å²) in [5.74, 6) is -2.16. The molecule has 4 rings (SSSR count).